The van der Waals surface area contributed by atoms with Gasteiger partial charge in [-0.3, -0.25) is 0 Å². The third kappa shape index (κ3) is 0.714. The van der Waals surface area contributed by atoms with Crippen LogP contribution in [-0.4, -0.2) is 6.17 Å². The standard InChI is InChI=1S/C5H6FN/c6-5-1-4(2-5)3-7/h4-5H,1-2H2/t4-,5+. The van der Waals surface area contributed by atoms with Crippen LogP contribution in [0.5, 0.6) is 0 Å². The van der Waals surface area contributed by atoms with Gasteiger partial charge in [0.15, 0.2) is 0 Å². The van der Waals surface area contributed by atoms with Gasteiger partial charge in [0.2, 0.25) is 0 Å². The Kier molecular flexibility index (Phi) is 0.976. The Labute approximate surface area is 41.8 Å². The molecule has 0 unspecified atom stereocenters. The molecule has 2 heteroatoms. The summed E-state index contributed by atoms with van der Waals surface area (Å²) in [6.07, 6.45) is 0.261. The van der Waals surface area contributed by atoms with Crippen LogP contribution in [0.25, 0.3) is 0 Å². The second-order valence-corrected chi connectivity index (χ2v) is 1.89. The number of rotatable bonds is 0. The van der Waals surface area contributed by atoms with Crippen LogP contribution in [0.4, 0.5) is 4.39 Å². The zero-order chi connectivity index (χ0) is 5.28. The summed E-state index contributed by atoms with van der Waals surface area (Å²) < 4.78 is 11.8. The Bertz CT molecular complexity index is 99.1. The summed E-state index contributed by atoms with van der Waals surface area (Å²) in [7, 11) is 0. The average Bonchev–Trinajstić information content (AvgIpc) is 1.58. The van der Waals surface area contributed by atoms with Crippen molar-refractivity contribution >= 4 is 0 Å². The second-order valence-electron chi connectivity index (χ2n) is 1.89. The average molecular weight is 99.1 g/mol. The molecule has 7 heavy (non-hydrogen) atoms. The van der Waals surface area contributed by atoms with Gasteiger partial charge in [0.05, 0.1) is 12.0 Å². The van der Waals surface area contributed by atoms with Crippen molar-refractivity contribution in [2.45, 2.75) is 19.0 Å². The van der Waals surface area contributed by atoms with E-state index in [2.05, 4.69) is 0 Å². The van der Waals surface area contributed by atoms with Crippen LogP contribution in [0.15, 0.2) is 0 Å². The molecule has 0 aromatic heterocycles. The summed E-state index contributed by atoms with van der Waals surface area (Å²) in [6.45, 7) is 0. The number of nitrogens with zero attached hydrogens (tertiary/aromatic N) is 1. The van der Waals surface area contributed by atoms with Gasteiger partial charge in [-0.25, -0.2) is 4.39 Å². The third-order valence-electron chi connectivity index (χ3n) is 1.26. The molecule has 1 rings (SSSR count). The molecule has 0 heterocycles. The predicted octanol–water partition coefficient (Wildman–Crippen LogP) is 1.26. The van der Waals surface area contributed by atoms with E-state index >= 15 is 0 Å². The zero-order valence-electron chi connectivity index (χ0n) is 3.89. The van der Waals surface area contributed by atoms with Gasteiger partial charge in [0.25, 0.3) is 0 Å². The molecule has 0 spiro atoms. The van der Waals surface area contributed by atoms with Crippen LogP contribution in [-0.2, 0) is 0 Å². The van der Waals surface area contributed by atoms with Crippen LogP contribution >= 0.6 is 0 Å². The number of nitriles is 1. The molecule has 0 aromatic rings. The number of hydrogen-bond donors (Lipinski definition) is 0. The smallest absolute Gasteiger partial charge is 0.103 e. The quantitative estimate of drug-likeness (QED) is 0.448. The molecule has 0 amide bonds. The van der Waals surface area contributed by atoms with Crippen molar-refractivity contribution in [3.8, 4) is 6.07 Å². The highest BCUT2D eigenvalue weighted by molar-refractivity contribution is 4.93. The Balaban J connectivity index is 2.21. The minimum Gasteiger partial charge on any atom is -0.247 e. The molecule has 0 radical (unpaired) electrons. The SMILES string of the molecule is N#C[C@H]1C[C@@H](F)C1. The molecule has 1 nitrogen and oxygen atoms in total. The molecule has 1 saturated carbocycles. The van der Waals surface area contributed by atoms with Crippen LogP contribution < -0.4 is 0 Å². The Morgan fingerprint density at radius 1 is 1.57 bits per heavy atom. The van der Waals surface area contributed by atoms with Crippen molar-refractivity contribution in [2.75, 3.05) is 0 Å². The minimum absolute atomic E-state index is 0.0231. The first-order chi connectivity index (χ1) is 3.33. The fourth-order valence-corrected chi connectivity index (χ4v) is 0.654. The lowest BCUT2D eigenvalue weighted by Gasteiger charge is -2.22. The highest BCUT2D eigenvalue weighted by atomic mass is 19.1. The monoisotopic (exact) mass is 99.0 g/mol. The molecule has 1 aliphatic carbocycles. The first-order valence-corrected chi connectivity index (χ1v) is 2.36. The molecule has 0 N–H and O–H groups in total. The summed E-state index contributed by atoms with van der Waals surface area (Å²) in [4.78, 5) is 0. The van der Waals surface area contributed by atoms with Gasteiger partial charge in [-0.1, -0.05) is 0 Å². The Hall–Kier alpha value is -0.580. The molecule has 0 saturated heterocycles. The van der Waals surface area contributed by atoms with E-state index in [1.54, 1.807) is 0 Å². The van der Waals surface area contributed by atoms with E-state index in [1.807, 2.05) is 6.07 Å². The van der Waals surface area contributed by atoms with Gasteiger partial charge in [-0.15, -0.1) is 0 Å². The summed E-state index contributed by atoms with van der Waals surface area (Å²) in [5.41, 5.74) is 0. The molecule has 38 valence electrons. The van der Waals surface area contributed by atoms with Crippen LogP contribution in [0.1, 0.15) is 12.8 Å². The Morgan fingerprint density at radius 3 is 2.29 bits per heavy atom. The van der Waals surface area contributed by atoms with Crippen molar-refractivity contribution in [1.29, 1.82) is 5.26 Å². The van der Waals surface area contributed by atoms with Gasteiger partial charge in [-0.05, 0) is 12.8 Å². The van der Waals surface area contributed by atoms with Crippen LogP contribution in [0.2, 0.25) is 0 Å². The van der Waals surface area contributed by atoms with E-state index in [1.165, 1.54) is 0 Å². The van der Waals surface area contributed by atoms with Gasteiger partial charge in [-0.2, -0.15) is 5.26 Å². The summed E-state index contributed by atoms with van der Waals surface area (Å²) in [5.74, 6) is 0.0231. The maximum Gasteiger partial charge on any atom is 0.103 e. The van der Waals surface area contributed by atoms with Crippen LogP contribution in [0.3, 0.4) is 0 Å². The van der Waals surface area contributed by atoms with E-state index in [0.717, 1.165) is 0 Å². The van der Waals surface area contributed by atoms with E-state index in [-0.39, 0.29) is 5.92 Å². The first kappa shape index (κ1) is 4.58. The van der Waals surface area contributed by atoms with Crippen molar-refractivity contribution in [1.82, 2.24) is 0 Å². The van der Waals surface area contributed by atoms with Crippen molar-refractivity contribution in [3.63, 3.8) is 0 Å². The van der Waals surface area contributed by atoms with E-state index in [9.17, 15) is 4.39 Å². The fraction of sp³-hybridized carbons (Fsp3) is 0.800. The summed E-state index contributed by atoms with van der Waals surface area (Å²) in [5, 5.41) is 8.09. The lowest BCUT2D eigenvalue weighted by molar-refractivity contribution is 0.167. The fourth-order valence-electron chi connectivity index (χ4n) is 0.654. The first-order valence-electron chi connectivity index (χ1n) is 2.36. The highest BCUT2D eigenvalue weighted by Gasteiger charge is 2.28. The maximum atomic E-state index is 11.8. The maximum absolute atomic E-state index is 11.8. The molecular weight excluding hydrogens is 93.1 g/mol. The molecule has 1 fully saturated rings. The Morgan fingerprint density at radius 2 is 2.14 bits per heavy atom. The topological polar surface area (TPSA) is 23.8 Å². The normalized spacial score (nSPS) is 38.9. The van der Waals surface area contributed by atoms with Crippen molar-refractivity contribution in [3.05, 3.63) is 0 Å². The summed E-state index contributed by atoms with van der Waals surface area (Å²) in [6, 6.07) is 1.99. The van der Waals surface area contributed by atoms with E-state index in [4.69, 9.17) is 5.26 Å². The second kappa shape index (κ2) is 1.49. The number of alkyl halides is 1. The lowest BCUT2D eigenvalue weighted by Crippen LogP contribution is -2.22. The van der Waals surface area contributed by atoms with Gasteiger partial charge >= 0.3 is 0 Å². The molecule has 1 aliphatic rings. The van der Waals surface area contributed by atoms with Crippen molar-refractivity contribution < 1.29 is 4.39 Å². The number of halogens is 1. The van der Waals surface area contributed by atoms with E-state index < -0.39 is 6.17 Å². The molecule has 0 aromatic carbocycles. The number of hydrogen-bond acceptors (Lipinski definition) is 1. The lowest BCUT2D eigenvalue weighted by atomic mass is 9.85. The zero-order valence-corrected chi connectivity index (χ0v) is 3.89. The molecular formula is C5H6FN. The molecule has 0 aliphatic heterocycles. The van der Waals surface area contributed by atoms with Gasteiger partial charge in [0.1, 0.15) is 6.17 Å². The van der Waals surface area contributed by atoms with Gasteiger partial charge < -0.3 is 0 Å². The van der Waals surface area contributed by atoms with E-state index in [0.29, 0.717) is 12.8 Å². The summed E-state index contributed by atoms with van der Waals surface area (Å²) >= 11 is 0. The van der Waals surface area contributed by atoms with Crippen molar-refractivity contribution in [2.24, 2.45) is 5.92 Å². The molecule has 0 atom stereocenters. The molecule has 0 bridgehead atoms. The largest absolute Gasteiger partial charge is 0.247 e. The van der Waals surface area contributed by atoms with Gasteiger partial charge in [0, 0.05) is 0 Å². The minimum atomic E-state index is -0.676. The highest BCUT2D eigenvalue weighted by Crippen LogP contribution is 2.28. The van der Waals surface area contributed by atoms with Crippen LogP contribution in [0, 0.1) is 17.2 Å². The third-order valence-corrected chi connectivity index (χ3v) is 1.26. The predicted molar refractivity (Wildman–Crippen MR) is 23.2 cm³/mol.